The molecule has 0 amide bonds. The van der Waals surface area contributed by atoms with E-state index >= 15 is 0 Å². The molecule has 0 unspecified atom stereocenters. The number of likely N-dealkylation sites (N-methyl/N-ethyl adjacent to an activating group) is 1. The molecule has 0 aliphatic heterocycles. The van der Waals surface area contributed by atoms with Crippen LogP contribution in [0.15, 0.2) is 42.5 Å². The van der Waals surface area contributed by atoms with Gasteiger partial charge >= 0.3 is 0 Å². The van der Waals surface area contributed by atoms with Crippen LogP contribution < -0.4 is 9.64 Å². The molecule has 0 saturated carbocycles. The fraction of sp³-hybridized carbons (Fsp3) is 0.250. The van der Waals surface area contributed by atoms with Crippen molar-refractivity contribution in [3.8, 4) is 17.2 Å². The normalized spacial score (nSPS) is 10.3. The fourth-order valence-corrected chi connectivity index (χ4v) is 2.00. The van der Waals surface area contributed by atoms with Crippen molar-refractivity contribution in [2.45, 2.75) is 6.42 Å². The second-order valence-corrected chi connectivity index (χ2v) is 4.69. The van der Waals surface area contributed by atoms with Gasteiger partial charge in [0, 0.05) is 25.3 Å². The van der Waals surface area contributed by atoms with Crippen LogP contribution in [0.3, 0.4) is 0 Å². The lowest BCUT2D eigenvalue weighted by molar-refractivity contribution is 0.373. The molecule has 4 heteroatoms. The van der Waals surface area contributed by atoms with Crippen LogP contribution in [0.4, 0.5) is 5.69 Å². The second-order valence-electron chi connectivity index (χ2n) is 4.69. The first kappa shape index (κ1) is 14.1. The summed E-state index contributed by atoms with van der Waals surface area (Å²) in [5.74, 6) is 0.893. The van der Waals surface area contributed by atoms with E-state index in [0.717, 1.165) is 24.2 Å². The van der Waals surface area contributed by atoms with E-state index in [0.29, 0.717) is 5.75 Å². The van der Waals surface area contributed by atoms with E-state index in [4.69, 9.17) is 4.74 Å². The summed E-state index contributed by atoms with van der Waals surface area (Å²) in [4.78, 5) is 2.06. The van der Waals surface area contributed by atoms with Crippen LogP contribution in [0.5, 0.6) is 17.2 Å². The van der Waals surface area contributed by atoms with E-state index in [1.807, 2.05) is 25.2 Å². The van der Waals surface area contributed by atoms with Gasteiger partial charge in [-0.1, -0.05) is 12.1 Å². The zero-order chi connectivity index (χ0) is 14.5. The van der Waals surface area contributed by atoms with Crippen molar-refractivity contribution in [3.63, 3.8) is 0 Å². The summed E-state index contributed by atoms with van der Waals surface area (Å²) in [6.45, 7) is 0.816. The zero-order valence-electron chi connectivity index (χ0n) is 11.7. The number of methoxy groups -OCH3 is 1. The lowest BCUT2D eigenvalue weighted by atomic mass is 10.1. The third-order valence-corrected chi connectivity index (χ3v) is 3.28. The molecule has 2 aromatic carbocycles. The van der Waals surface area contributed by atoms with Gasteiger partial charge in [-0.05, 0) is 36.2 Å². The van der Waals surface area contributed by atoms with Gasteiger partial charge in [0.05, 0.1) is 7.11 Å². The Hall–Kier alpha value is -2.36. The van der Waals surface area contributed by atoms with Gasteiger partial charge in [0.2, 0.25) is 0 Å². The Labute approximate surface area is 118 Å². The molecule has 0 spiro atoms. The molecular weight excluding hydrogens is 254 g/mol. The van der Waals surface area contributed by atoms with Crippen LogP contribution in [0, 0.1) is 0 Å². The number of ether oxygens (including phenoxy) is 1. The minimum atomic E-state index is 0.140. The van der Waals surface area contributed by atoms with Crippen molar-refractivity contribution in [1.82, 2.24) is 0 Å². The van der Waals surface area contributed by atoms with Gasteiger partial charge < -0.3 is 19.8 Å². The van der Waals surface area contributed by atoms with Crippen LogP contribution >= 0.6 is 0 Å². The van der Waals surface area contributed by atoms with E-state index in [1.54, 1.807) is 24.3 Å². The van der Waals surface area contributed by atoms with Gasteiger partial charge in [-0.15, -0.1) is 0 Å². The quantitative estimate of drug-likeness (QED) is 0.879. The van der Waals surface area contributed by atoms with Crippen LogP contribution in [0.2, 0.25) is 0 Å². The Bertz CT molecular complexity index is 566. The maximum atomic E-state index is 9.78. The molecule has 0 saturated heterocycles. The van der Waals surface area contributed by atoms with Crippen molar-refractivity contribution in [1.29, 1.82) is 0 Å². The first-order chi connectivity index (χ1) is 9.60. The summed E-state index contributed by atoms with van der Waals surface area (Å²) in [7, 11) is 3.50. The number of phenolic OH excluding ortho intramolecular Hbond substituents is 2. The fourth-order valence-electron chi connectivity index (χ4n) is 2.00. The minimum Gasteiger partial charge on any atom is -0.508 e. The minimum absolute atomic E-state index is 0.140. The maximum absolute atomic E-state index is 9.78. The van der Waals surface area contributed by atoms with Crippen molar-refractivity contribution >= 4 is 5.69 Å². The number of aromatic hydroxyl groups is 2. The largest absolute Gasteiger partial charge is 0.508 e. The van der Waals surface area contributed by atoms with E-state index in [9.17, 15) is 10.2 Å². The standard InChI is InChI=1S/C16H19NO3/c1-17(10-9-12-3-6-14(18)7-4-12)13-5-8-16(20-2)15(19)11-13/h3-8,11,18-19H,9-10H2,1-2H3. The van der Waals surface area contributed by atoms with Gasteiger partial charge in [-0.2, -0.15) is 0 Å². The molecule has 0 aliphatic carbocycles. The maximum Gasteiger partial charge on any atom is 0.160 e. The van der Waals surface area contributed by atoms with E-state index in [1.165, 1.54) is 7.11 Å². The smallest absolute Gasteiger partial charge is 0.160 e. The van der Waals surface area contributed by atoms with Crippen LogP contribution in [0.25, 0.3) is 0 Å². The summed E-state index contributed by atoms with van der Waals surface area (Å²) >= 11 is 0. The second kappa shape index (κ2) is 6.19. The summed E-state index contributed by atoms with van der Waals surface area (Å²) < 4.78 is 5.03. The number of rotatable bonds is 5. The van der Waals surface area contributed by atoms with Crippen LogP contribution in [0.1, 0.15) is 5.56 Å². The van der Waals surface area contributed by atoms with E-state index in [2.05, 4.69) is 4.90 Å². The monoisotopic (exact) mass is 273 g/mol. The highest BCUT2D eigenvalue weighted by Gasteiger charge is 2.06. The Morgan fingerprint density at radius 1 is 1.05 bits per heavy atom. The number of hydrogen-bond donors (Lipinski definition) is 2. The van der Waals surface area contributed by atoms with Gasteiger partial charge in [-0.25, -0.2) is 0 Å². The molecule has 20 heavy (non-hydrogen) atoms. The highest BCUT2D eigenvalue weighted by Crippen LogP contribution is 2.30. The van der Waals surface area contributed by atoms with Gasteiger partial charge in [0.15, 0.2) is 11.5 Å². The van der Waals surface area contributed by atoms with Crippen molar-refractivity contribution < 1.29 is 14.9 Å². The number of anilines is 1. The third-order valence-electron chi connectivity index (χ3n) is 3.28. The number of phenols is 2. The van der Waals surface area contributed by atoms with E-state index in [-0.39, 0.29) is 11.5 Å². The van der Waals surface area contributed by atoms with Crippen molar-refractivity contribution in [2.24, 2.45) is 0 Å². The summed E-state index contributed by atoms with van der Waals surface area (Å²) in [5, 5.41) is 19.0. The number of nitrogens with zero attached hydrogens (tertiary/aromatic N) is 1. The average Bonchev–Trinajstić information content (AvgIpc) is 2.46. The van der Waals surface area contributed by atoms with Crippen molar-refractivity contribution in [2.75, 3.05) is 25.6 Å². The lowest BCUT2D eigenvalue weighted by Crippen LogP contribution is -2.20. The topological polar surface area (TPSA) is 52.9 Å². The molecular formula is C16H19NO3. The first-order valence-electron chi connectivity index (χ1n) is 6.46. The zero-order valence-corrected chi connectivity index (χ0v) is 11.7. The average molecular weight is 273 g/mol. The molecule has 4 nitrogen and oxygen atoms in total. The summed E-state index contributed by atoms with van der Waals surface area (Å²) in [6, 6.07) is 12.6. The molecule has 0 radical (unpaired) electrons. The molecule has 2 rings (SSSR count). The lowest BCUT2D eigenvalue weighted by Gasteiger charge is -2.20. The molecule has 106 valence electrons. The van der Waals surface area contributed by atoms with Crippen molar-refractivity contribution in [3.05, 3.63) is 48.0 Å². The number of hydrogen-bond acceptors (Lipinski definition) is 4. The predicted molar refractivity (Wildman–Crippen MR) is 79.7 cm³/mol. The molecule has 2 aromatic rings. The molecule has 0 aromatic heterocycles. The Kier molecular flexibility index (Phi) is 4.35. The summed E-state index contributed by atoms with van der Waals surface area (Å²) in [5.41, 5.74) is 2.09. The molecule has 2 N–H and O–H groups in total. The summed E-state index contributed by atoms with van der Waals surface area (Å²) in [6.07, 6.45) is 0.865. The molecule has 0 heterocycles. The van der Waals surface area contributed by atoms with Gasteiger partial charge in [0.25, 0.3) is 0 Å². The molecule has 0 atom stereocenters. The SMILES string of the molecule is COc1ccc(N(C)CCc2ccc(O)cc2)cc1O. The Morgan fingerprint density at radius 2 is 1.75 bits per heavy atom. The van der Waals surface area contributed by atoms with Crippen LogP contribution in [-0.2, 0) is 6.42 Å². The van der Waals surface area contributed by atoms with Gasteiger partial charge in [0.1, 0.15) is 5.75 Å². The first-order valence-corrected chi connectivity index (χ1v) is 6.46. The third kappa shape index (κ3) is 3.35. The Balaban J connectivity index is 1.99. The number of benzene rings is 2. The van der Waals surface area contributed by atoms with Gasteiger partial charge in [-0.3, -0.25) is 0 Å². The predicted octanol–water partition coefficient (Wildman–Crippen LogP) is 2.79. The van der Waals surface area contributed by atoms with E-state index < -0.39 is 0 Å². The molecule has 0 fully saturated rings. The van der Waals surface area contributed by atoms with Crippen LogP contribution in [-0.4, -0.2) is 30.9 Å². The molecule has 0 aliphatic rings. The molecule has 0 bridgehead atoms. The Morgan fingerprint density at radius 3 is 2.35 bits per heavy atom. The highest BCUT2D eigenvalue weighted by molar-refractivity contribution is 5.55. The highest BCUT2D eigenvalue weighted by atomic mass is 16.5.